The molecule has 0 bridgehead atoms. The van der Waals surface area contributed by atoms with Crippen molar-refractivity contribution in [3.05, 3.63) is 76.8 Å². The van der Waals surface area contributed by atoms with E-state index >= 15 is 0 Å². The fraction of sp³-hybridized carbons (Fsp3) is 0.136. The monoisotopic (exact) mass is 347 g/mol. The van der Waals surface area contributed by atoms with Crippen LogP contribution in [0.15, 0.2) is 60.7 Å². The van der Waals surface area contributed by atoms with E-state index in [1.165, 1.54) is 0 Å². The first-order valence-electron chi connectivity index (χ1n) is 8.25. The molecule has 0 unspecified atom stereocenters. The maximum atomic E-state index is 9.66. The molecule has 0 aromatic heterocycles. The Kier molecular flexibility index (Phi) is 5.38. The van der Waals surface area contributed by atoms with Gasteiger partial charge in [0, 0.05) is 10.6 Å². The number of hydrogen-bond donors (Lipinski definition) is 0. The van der Waals surface area contributed by atoms with Gasteiger partial charge in [-0.2, -0.15) is 5.26 Å². The number of halogens is 1. The van der Waals surface area contributed by atoms with Crippen molar-refractivity contribution in [2.75, 3.05) is 6.61 Å². The Balaban J connectivity index is 2.17. The molecule has 0 N–H and O–H groups in total. The van der Waals surface area contributed by atoms with Crippen molar-refractivity contribution >= 4 is 34.0 Å². The van der Waals surface area contributed by atoms with Crippen molar-refractivity contribution in [1.29, 1.82) is 5.26 Å². The number of rotatable bonds is 5. The second kappa shape index (κ2) is 7.88. The second-order valence-corrected chi connectivity index (χ2v) is 6.16. The Labute approximate surface area is 152 Å². The first-order chi connectivity index (χ1) is 12.2. The molecule has 3 rings (SSSR count). The normalized spacial score (nSPS) is 11.3. The van der Waals surface area contributed by atoms with Gasteiger partial charge < -0.3 is 4.74 Å². The van der Waals surface area contributed by atoms with Crippen LogP contribution in [0, 0.1) is 11.3 Å². The highest BCUT2D eigenvalue weighted by molar-refractivity contribution is 6.30. The number of allylic oxidation sites excluding steroid dienone is 1. The molecule has 0 saturated carbocycles. The minimum absolute atomic E-state index is 0.578. The highest BCUT2D eigenvalue weighted by atomic mass is 35.5. The predicted molar refractivity (Wildman–Crippen MR) is 105 cm³/mol. The SMILES string of the molecule is CCCOc1ccc2ccccc2c1/C=C(\C#N)c1ccc(Cl)cc1. The van der Waals surface area contributed by atoms with Crippen molar-refractivity contribution < 1.29 is 4.74 Å². The van der Waals surface area contributed by atoms with Gasteiger partial charge in [-0.15, -0.1) is 0 Å². The molecule has 0 aliphatic heterocycles. The van der Waals surface area contributed by atoms with Crippen LogP contribution in [0.4, 0.5) is 0 Å². The predicted octanol–water partition coefficient (Wildman–Crippen LogP) is 6.35. The summed E-state index contributed by atoms with van der Waals surface area (Å²) in [6.07, 6.45) is 2.83. The lowest BCUT2D eigenvalue weighted by Crippen LogP contribution is -1.97. The average Bonchev–Trinajstić information content (AvgIpc) is 2.65. The minimum atomic E-state index is 0.578. The highest BCUT2D eigenvalue weighted by Crippen LogP contribution is 2.32. The molecule has 25 heavy (non-hydrogen) atoms. The number of benzene rings is 3. The number of fused-ring (bicyclic) bond motifs is 1. The molecular weight excluding hydrogens is 330 g/mol. The highest BCUT2D eigenvalue weighted by Gasteiger charge is 2.09. The van der Waals surface area contributed by atoms with Gasteiger partial charge in [0.05, 0.1) is 18.2 Å². The summed E-state index contributed by atoms with van der Waals surface area (Å²) in [5, 5.41) is 12.5. The smallest absolute Gasteiger partial charge is 0.127 e. The maximum absolute atomic E-state index is 9.66. The molecule has 2 nitrogen and oxygen atoms in total. The third-order valence-electron chi connectivity index (χ3n) is 3.96. The third-order valence-corrected chi connectivity index (χ3v) is 4.21. The van der Waals surface area contributed by atoms with E-state index in [0.29, 0.717) is 17.2 Å². The van der Waals surface area contributed by atoms with Crippen LogP contribution in [-0.2, 0) is 0 Å². The van der Waals surface area contributed by atoms with Gasteiger partial charge >= 0.3 is 0 Å². The molecule has 124 valence electrons. The average molecular weight is 348 g/mol. The molecule has 0 saturated heterocycles. The van der Waals surface area contributed by atoms with E-state index in [-0.39, 0.29) is 0 Å². The van der Waals surface area contributed by atoms with Crippen molar-refractivity contribution in [3.63, 3.8) is 0 Å². The van der Waals surface area contributed by atoms with Crippen LogP contribution in [0.25, 0.3) is 22.4 Å². The van der Waals surface area contributed by atoms with Crippen LogP contribution < -0.4 is 4.74 Å². The molecule has 0 spiro atoms. The van der Waals surface area contributed by atoms with Crippen LogP contribution in [0.3, 0.4) is 0 Å². The summed E-state index contributed by atoms with van der Waals surface area (Å²) in [6, 6.07) is 21.7. The summed E-state index contributed by atoms with van der Waals surface area (Å²) in [6.45, 7) is 2.72. The van der Waals surface area contributed by atoms with Crippen LogP contribution >= 0.6 is 11.6 Å². The quantitative estimate of drug-likeness (QED) is 0.398. The molecular formula is C22H18ClNO. The van der Waals surface area contributed by atoms with E-state index in [2.05, 4.69) is 25.1 Å². The van der Waals surface area contributed by atoms with Crippen LogP contribution in [-0.4, -0.2) is 6.61 Å². The van der Waals surface area contributed by atoms with Crippen molar-refractivity contribution in [1.82, 2.24) is 0 Å². The minimum Gasteiger partial charge on any atom is -0.493 e. The lowest BCUT2D eigenvalue weighted by Gasteiger charge is -2.12. The van der Waals surface area contributed by atoms with E-state index in [0.717, 1.165) is 34.1 Å². The molecule has 0 radical (unpaired) electrons. The van der Waals surface area contributed by atoms with Gasteiger partial charge in [0.25, 0.3) is 0 Å². The zero-order chi connectivity index (χ0) is 17.6. The van der Waals surface area contributed by atoms with E-state index in [9.17, 15) is 5.26 Å². The molecule has 0 amide bonds. The zero-order valence-electron chi connectivity index (χ0n) is 14.0. The molecule has 3 aromatic carbocycles. The molecule has 0 fully saturated rings. The Morgan fingerprint density at radius 3 is 2.56 bits per heavy atom. The fourth-order valence-electron chi connectivity index (χ4n) is 2.72. The van der Waals surface area contributed by atoms with Gasteiger partial charge in [-0.05, 0) is 47.0 Å². The van der Waals surface area contributed by atoms with E-state index in [4.69, 9.17) is 16.3 Å². The van der Waals surface area contributed by atoms with Crippen LogP contribution in [0.2, 0.25) is 5.02 Å². The van der Waals surface area contributed by atoms with Gasteiger partial charge in [0.2, 0.25) is 0 Å². The van der Waals surface area contributed by atoms with Gasteiger partial charge in [-0.1, -0.05) is 61.0 Å². The largest absolute Gasteiger partial charge is 0.493 e. The number of nitrogens with zero attached hydrogens (tertiary/aromatic N) is 1. The molecule has 0 aliphatic rings. The Bertz CT molecular complexity index is 952. The Morgan fingerprint density at radius 1 is 1.08 bits per heavy atom. The molecule has 3 aromatic rings. The molecule has 0 aliphatic carbocycles. The first-order valence-corrected chi connectivity index (χ1v) is 8.63. The van der Waals surface area contributed by atoms with Gasteiger partial charge in [0.15, 0.2) is 0 Å². The zero-order valence-corrected chi connectivity index (χ0v) is 14.8. The van der Waals surface area contributed by atoms with Crippen LogP contribution in [0.5, 0.6) is 5.75 Å². The van der Waals surface area contributed by atoms with Crippen molar-refractivity contribution in [3.8, 4) is 11.8 Å². The lowest BCUT2D eigenvalue weighted by molar-refractivity contribution is 0.317. The summed E-state index contributed by atoms with van der Waals surface area (Å²) < 4.78 is 5.92. The lowest BCUT2D eigenvalue weighted by atomic mass is 9.98. The summed E-state index contributed by atoms with van der Waals surface area (Å²) in [4.78, 5) is 0. The topological polar surface area (TPSA) is 33.0 Å². The van der Waals surface area contributed by atoms with Crippen molar-refractivity contribution in [2.45, 2.75) is 13.3 Å². The fourth-order valence-corrected chi connectivity index (χ4v) is 2.84. The van der Waals surface area contributed by atoms with Gasteiger partial charge in [-0.25, -0.2) is 0 Å². The van der Waals surface area contributed by atoms with E-state index < -0.39 is 0 Å². The van der Waals surface area contributed by atoms with Crippen LogP contribution in [0.1, 0.15) is 24.5 Å². The van der Waals surface area contributed by atoms with E-state index in [1.807, 2.05) is 42.5 Å². The third kappa shape index (κ3) is 3.84. The molecule has 0 atom stereocenters. The molecule has 3 heteroatoms. The summed E-state index contributed by atoms with van der Waals surface area (Å²) in [7, 11) is 0. The number of nitriles is 1. The van der Waals surface area contributed by atoms with Gasteiger partial charge in [-0.3, -0.25) is 0 Å². The summed E-state index contributed by atoms with van der Waals surface area (Å²) in [5.41, 5.74) is 2.34. The maximum Gasteiger partial charge on any atom is 0.127 e. The Hall–Kier alpha value is -2.76. The standard InChI is InChI=1S/C22H18ClNO/c1-2-13-25-22-12-9-17-5-3-4-6-20(17)21(22)14-18(15-24)16-7-10-19(23)11-8-16/h3-12,14H,2,13H2,1H3/b18-14+. The second-order valence-electron chi connectivity index (χ2n) is 5.72. The summed E-state index contributed by atoms with van der Waals surface area (Å²) >= 11 is 5.96. The molecule has 0 heterocycles. The van der Waals surface area contributed by atoms with Gasteiger partial charge in [0.1, 0.15) is 5.75 Å². The first kappa shape index (κ1) is 17.1. The summed E-state index contributed by atoms with van der Waals surface area (Å²) in [5.74, 6) is 0.794. The number of ether oxygens (including phenoxy) is 1. The van der Waals surface area contributed by atoms with Crippen molar-refractivity contribution in [2.24, 2.45) is 0 Å². The van der Waals surface area contributed by atoms with E-state index in [1.54, 1.807) is 12.1 Å². The Morgan fingerprint density at radius 2 is 1.84 bits per heavy atom. The number of hydrogen-bond acceptors (Lipinski definition) is 2.